The lowest BCUT2D eigenvalue weighted by Crippen LogP contribution is -2.03. The second kappa shape index (κ2) is 9.24. The van der Waals surface area contributed by atoms with Gasteiger partial charge >= 0.3 is 0 Å². The van der Waals surface area contributed by atoms with Gasteiger partial charge in [-0.15, -0.1) is 0 Å². The molecule has 0 amide bonds. The van der Waals surface area contributed by atoms with Crippen LogP contribution in [0.1, 0.15) is 17.5 Å². The monoisotopic (exact) mass is 440 g/mol. The summed E-state index contributed by atoms with van der Waals surface area (Å²) in [5.41, 5.74) is 7.58. The minimum Gasteiger partial charge on any atom is -0.494 e. The number of benzene rings is 3. The van der Waals surface area contributed by atoms with Gasteiger partial charge in [0.05, 0.1) is 23.0 Å². The molecule has 1 N–H and O–H groups in total. The first kappa shape index (κ1) is 20.3. The van der Waals surface area contributed by atoms with E-state index in [4.69, 9.17) is 4.74 Å². The van der Waals surface area contributed by atoms with Crippen LogP contribution in [0.5, 0.6) is 5.75 Å². The lowest BCUT2D eigenvalue weighted by atomic mass is 10.2. The molecule has 2 heterocycles. The van der Waals surface area contributed by atoms with Crippen molar-refractivity contribution >= 4 is 43.8 Å². The lowest BCUT2D eigenvalue weighted by molar-refractivity contribution is 0.302. The molecule has 0 bridgehead atoms. The molecule has 0 saturated carbocycles. The molecule has 0 aliphatic carbocycles. The van der Waals surface area contributed by atoms with E-state index in [1.807, 2.05) is 36.5 Å². The predicted molar refractivity (Wildman–Crippen MR) is 134 cm³/mol. The highest BCUT2D eigenvalue weighted by molar-refractivity contribution is 7.22. The number of anilines is 1. The van der Waals surface area contributed by atoms with E-state index in [2.05, 4.69) is 75.7 Å². The number of nitrogens with one attached hydrogen (secondary N) is 1. The van der Waals surface area contributed by atoms with Crippen molar-refractivity contribution in [2.45, 2.75) is 19.9 Å². The van der Waals surface area contributed by atoms with Crippen molar-refractivity contribution in [1.29, 1.82) is 0 Å². The van der Waals surface area contributed by atoms with Crippen LogP contribution in [0.3, 0.4) is 0 Å². The zero-order valence-corrected chi connectivity index (χ0v) is 18.7. The Balaban J connectivity index is 1.25. The summed E-state index contributed by atoms with van der Waals surface area (Å²) < 4.78 is 9.30. The smallest absolute Gasteiger partial charge is 0.204 e. The van der Waals surface area contributed by atoms with Crippen LogP contribution in [-0.2, 0) is 6.54 Å². The standard InChI is InChI=1S/C26H24N4OS/c1-19-11-13-21(14-12-19)31-16-6-15-30-18-20(22-7-2-4-9-24(22)30)17-27-29-26-28-23-8-3-5-10-25(23)32-26/h2-5,7-14,17-18H,6,15-16H2,1H3,(H,28,29)/b27-17-. The molecule has 0 saturated heterocycles. The number of fused-ring (bicyclic) bond motifs is 2. The van der Waals surface area contributed by atoms with Crippen LogP contribution in [-0.4, -0.2) is 22.4 Å². The van der Waals surface area contributed by atoms with Crippen LogP contribution in [0.4, 0.5) is 5.13 Å². The largest absolute Gasteiger partial charge is 0.494 e. The maximum absolute atomic E-state index is 5.88. The van der Waals surface area contributed by atoms with E-state index in [1.165, 1.54) is 16.5 Å². The molecular formula is C26H24N4OS. The third-order valence-corrected chi connectivity index (χ3v) is 6.25. The number of aryl methyl sites for hydroxylation is 2. The van der Waals surface area contributed by atoms with Crippen molar-refractivity contribution in [2.75, 3.05) is 12.0 Å². The molecule has 5 nitrogen and oxygen atoms in total. The van der Waals surface area contributed by atoms with E-state index < -0.39 is 0 Å². The van der Waals surface area contributed by atoms with Crippen LogP contribution in [0.2, 0.25) is 0 Å². The highest BCUT2D eigenvalue weighted by Gasteiger charge is 2.07. The summed E-state index contributed by atoms with van der Waals surface area (Å²) in [7, 11) is 0. The summed E-state index contributed by atoms with van der Waals surface area (Å²) >= 11 is 1.60. The van der Waals surface area contributed by atoms with Gasteiger partial charge in [-0.05, 0) is 43.7 Å². The molecule has 2 aromatic heterocycles. The SMILES string of the molecule is Cc1ccc(OCCCn2cc(/C=N\Nc3nc4ccccc4s3)c3ccccc32)cc1. The van der Waals surface area contributed by atoms with Gasteiger partial charge in [0.2, 0.25) is 5.13 Å². The van der Waals surface area contributed by atoms with Crippen molar-refractivity contribution in [3.63, 3.8) is 0 Å². The Morgan fingerprint density at radius 1 is 1.03 bits per heavy atom. The molecule has 32 heavy (non-hydrogen) atoms. The van der Waals surface area contributed by atoms with E-state index in [-0.39, 0.29) is 0 Å². The first-order valence-corrected chi connectivity index (χ1v) is 11.5. The Morgan fingerprint density at radius 2 is 1.84 bits per heavy atom. The highest BCUT2D eigenvalue weighted by Crippen LogP contribution is 2.25. The molecule has 0 spiro atoms. The van der Waals surface area contributed by atoms with Gasteiger partial charge in [0.25, 0.3) is 0 Å². The van der Waals surface area contributed by atoms with Gasteiger partial charge in [-0.3, -0.25) is 5.43 Å². The van der Waals surface area contributed by atoms with E-state index in [0.717, 1.165) is 39.6 Å². The second-order valence-electron chi connectivity index (χ2n) is 7.67. The zero-order valence-electron chi connectivity index (χ0n) is 17.9. The highest BCUT2D eigenvalue weighted by atomic mass is 32.1. The zero-order chi connectivity index (χ0) is 21.8. The van der Waals surface area contributed by atoms with Gasteiger partial charge in [0, 0.05) is 29.2 Å². The summed E-state index contributed by atoms with van der Waals surface area (Å²) in [5.74, 6) is 0.918. The van der Waals surface area contributed by atoms with Crippen molar-refractivity contribution in [1.82, 2.24) is 9.55 Å². The van der Waals surface area contributed by atoms with Gasteiger partial charge in [-0.1, -0.05) is 59.4 Å². The van der Waals surface area contributed by atoms with Gasteiger partial charge in [-0.2, -0.15) is 5.10 Å². The molecule has 5 rings (SSSR count). The molecule has 6 heteroatoms. The molecule has 3 aromatic carbocycles. The number of thiazole rings is 1. The number of nitrogens with zero attached hydrogens (tertiary/aromatic N) is 3. The van der Waals surface area contributed by atoms with E-state index >= 15 is 0 Å². The maximum Gasteiger partial charge on any atom is 0.204 e. The van der Waals surface area contributed by atoms with Crippen LogP contribution >= 0.6 is 11.3 Å². The van der Waals surface area contributed by atoms with Crippen LogP contribution in [0.25, 0.3) is 21.1 Å². The van der Waals surface area contributed by atoms with Gasteiger partial charge in [0.1, 0.15) is 5.75 Å². The number of ether oxygens (including phenoxy) is 1. The van der Waals surface area contributed by atoms with Gasteiger partial charge < -0.3 is 9.30 Å². The molecule has 0 unspecified atom stereocenters. The Hall–Kier alpha value is -3.64. The third kappa shape index (κ3) is 4.50. The van der Waals surface area contributed by atoms with Gasteiger partial charge in [0.15, 0.2) is 0 Å². The van der Waals surface area contributed by atoms with E-state index in [1.54, 1.807) is 11.3 Å². The fourth-order valence-corrected chi connectivity index (χ4v) is 4.52. The minimum absolute atomic E-state index is 0.679. The molecule has 0 fully saturated rings. The average Bonchev–Trinajstić information content (AvgIpc) is 3.39. The van der Waals surface area contributed by atoms with Gasteiger partial charge in [-0.25, -0.2) is 4.98 Å². The molecule has 0 aliphatic heterocycles. The molecular weight excluding hydrogens is 416 g/mol. The second-order valence-corrected chi connectivity index (χ2v) is 8.70. The molecule has 0 radical (unpaired) electrons. The Bertz CT molecular complexity index is 1330. The predicted octanol–water partition coefficient (Wildman–Crippen LogP) is 6.47. The number of rotatable bonds is 8. The molecule has 160 valence electrons. The van der Waals surface area contributed by atoms with E-state index in [9.17, 15) is 0 Å². The fourth-order valence-electron chi connectivity index (χ4n) is 3.70. The maximum atomic E-state index is 5.88. The van der Waals surface area contributed by atoms with Crippen molar-refractivity contribution in [3.8, 4) is 5.75 Å². The quantitative estimate of drug-likeness (QED) is 0.171. The number of hydrogen-bond donors (Lipinski definition) is 1. The van der Waals surface area contributed by atoms with Crippen LogP contribution in [0.15, 0.2) is 84.1 Å². The van der Waals surface area contributed by atoms with Crippen molar-refractivity contribution in [3.05, 3.63) is 90.1 Å². The van der Waals surface area contributed by atoms with E-state index in [0.29, 0.717) is 6.61 Å². The Kier molecular flexibility index (Phi) is 5.85. The summed E-state index contributed by atoms with van der Waals surface area (Å²) in [6.45, 7) is 3.64. The topological polar surface area (TPSA) is 51.4 Å². The summed E-state index contributed by atoms with van der Waals surface area (Å²) in [6.07, 6.45) is 4.95. The molecule has 0 atom stereocenters. The van der Waals surface area contributed by atoms with Crippen molar-refractivity contribution in [2.24, 2.45) is 5.10 Å². The lowest BCUT2D eigenvalue weighted by Gasteiger charge is -2.08. The summed E-state index contributed by atoms with van der Waals surface area (Å²) in [5, 5.41) is 6.42. The minimum atomic E-state index is 0.679. The Morgan fingerprint density at radius 3 is 2.72 bits per heavy atom. The Labute approximate surface area is 191 Å². The fraction of sp³-hybridized carbons (Fsp3) is 0.154. The van der Waals surface area contributed by atoms with Crippen LogP contribution < -0.4 is 10.2 Å². The molecule has 0 aliphatic rings. The van der Waals surface area contributed by atoms with Crippen LogP contribution in [0, 0.1) is 6.92 Å². The first-order chi connectivity index (χ1) is 15.8. The number of hydrogen-bond acceptors (Lipinski definition) is 5. The number of hydrazone groups is 1. The summed E-state index contributed by atoms with van der Waals surface area (Å²) in [4.78, 5) is 4.57. The van der Waals surface area contributed by atoms with Crippen molar-refractivity contribution < 1.29 is 4.74 Å². The number of para-hydroxylation sites is 2. The summed E-state index contributed by atoms with van der Waals surface area (Å²) in [6, 6.07) is 24.7. The molecule has 5 aromatic rings. The third-order valence-electron chi connectivity index (χ3n) is 5.31. The average molecular weight is 441 g/mol. The normalized spacial score (nSPS) is 11.5. The number of aromatic nitrogens is 2. The first-order valence-electron chi connectivity index (χ1n) is 10.7.